The number of rotatable bonds is 7. The second-order valence-electron chi connectivity index (χ2n) is 7.13. The normalized spacial score (nSPS) is 18.5. The lowest BCUT2D eigenvalue weighted by Crippen LogP contribution is -2.41. The number of carbonyl (C=O) groups is 1. The number of thioether (sulfide) groups is 1. The van der Waals surface area contributed by atoms with Gasteiger partial charge in [-0.3, -0.25) is 14.9 Å². The van der Waals surface area contributed by atoms with Crippen LogP contribution in [0.2, 0.25) is 0 Å². The Kier molecular flexibility index (Phi) is 5.92. The Hall–Kier alpha value is -2.64. The van der Waals surface area contributed by atoms with Gasteiger partial charge in [0.2, 0.25) is 12.5 Å². The molecule has 0 unspecified atom stereocenters. The molecule has 0 aliphatic carbocycles. The number of nitrogens with zero attached hydrogens (tertiary/aromatic N) is 1. The lowest BCUT2D eigenvalue weighted by Gasteiger charge is -2.34. The summed E-state index contributed by atoms with van der Waals surface area (Å²) in [6.07, 6.45) is 0. The van der Waals surface area contributed by atoms with Crippen molar-refractivity contribution in [2.75, 3.05) is 11.9 Å². The Morgan fingerprint density at radius 1 is 1.03 bits per heavy atom. The van der Waals surface area contributed by atoms with E-state index < -0.39 is 10.7 Å². The van der Waals surface area contributed by atoms with Crippen molar-refractivity contribution in [2.24, 2.45) is 0 Å². The van der Waals surface area contributed by atoms with Crippen LogP contribution in [-0.4, -0.2) is 17.4 Å². The topological polar surface area (TPSA) is 72.2 Å². The molecule has 0 saturated carbocycles. The zero-order chi connectivity index (χ0) is 21.1. The predicted molar refractivity (Wildman–Crippen MR) is 123 cm³/mol. The minimum atomic E-state index is -1.11. The molecular weight excluding hydrogens is 464 g/mol. The summed E-state index contributed by atoms with van der Waals surface area (Å²) in [5.74, 6) is -0.288. The smallest absolute Gasteiger partial charge is 0.246 e. The molecule has 4 rings (SSSR count). The fraction of sp³-hybridized carbons (Fsp3) is 0.174. The van der Waals surface area contributed by atoms with Gasteiger partial charge in [0.05, 0.1) is 5.92 Å². The highest BCUT2D eigenvalue weighted by molar-refractivity contribution is 9.10. The minimum Gasteiger partial charge on any atom is -0.324 e. The number of carbonyl (C=O) groups excluding carboxylic acids is 1. The van der Waals surface area contributed by atoms with Crippen molar-refractivity contribution in [3.8, 4) is 0 Å². The number of amides is 1. The zero-order valence-corrected chi connectivity index (χ0v) is 18.4. The molecule has 1 aliphatic rings. The summed E-state index contributed by atoms with van der Waals surface area (Å²) >= 11 is 4.92. The first-order valence-electron chi connectivity index (χ1n) is 9.47. The SMILES string of the molecule is O=C1Nc2ccccc2[C@]1(SCc1ccccc1)[C@H](C[N+](=O)[O-])c1cccc(Br)c1. The van der Waals surface area contributed by atoms with Gasteiger partial charge in [-0.05, 0) is 29.3 Å². The fourth-order valence-corrected chi connectivity index (χ4v) is 5.89. The molecule has 0 fully saturated rings. The Bertz CT molecular complexity index is 1090. The summed E-state index contributed by atoms with van der Waals surface area (Å²) in [5, 5.41) is 14.7. The number of hydrogen-bond acceptors (Lipinski definition) is 4. The van der Waals surface area contributed by atoms with Crippen LogP contribution in [0.15, 0.2) is 83.3 Å². The molecule has 1 amide bonds. The highest BCUT2D eigenvalue weighted by Crippen LogP contribution is 2.55. The molecule has 0 radical (unpaired) electrons. The molecule has 30 heavy (non-hydrogen) atoms. The molecular formula is C23H19BrN2O3S. The molecule has 152 valence electrons. The van der Waals surface area contributed by atoms with Crippen LogP contribution < -0.4 is 5.32 Å². The molecule has 1 N–H and O–H groups in total. The summed E-state index contributed by atoms with van der Waals surface area (Å²) < 4.78 is -0.288. The van der Waals surface area contributed by atoms with Crippen molar-refractivity contribution in [1.29, 1.82) is 0 Å². The molecule has 7 heteroatoms. The summed E-state index contributed by atoms with van der Waals surface area (Å²) in [5.41, 5.74) is 3.33. The van der Waals surface area contributed by atoms with E-state index in [1.165, 1.54) is 11.8 Å². The summed E-state index contributed by atoms with van der Waals surface area (Å²) in [4.78, 5) is 24.9. The third-order valence-corrected chi connectivity index (χ3v) is 7.41. The monoisotopic (exact) mass is 482 g/mol. The highest BCUT2D eigenvalue weighted by atomic mass is 79.9. The van der Waals surface area contributed by atoms with Gasteiger partial charge in [0.1, 0.15) is 4.75 Å². The molecule has 0 aromatic heterocycles. The van der Waals surface area contributed by atoms with Gasteiger partial charge in [-0.2, -0.15) is 0 Å². The number of halogens is 1. The Labute approximate surface area is 187 Å². The van der Waals surface area contributed by atoms with Crippen LogP contribution >= 0.6 is 27.7 Å². The van der Waals surface area contributed by atoms with E-state index in [0.29, 0.717) is 11.4 Å². The van der Waals surface area contributed by atoms with Gasteiger partial charge >= 0.3 is 0 Å². The average Bonchev–Trinajstić information content (AvgIpc) is 3.03. The molecule has 1 aliphatic heterocycles. The largest absolute Gasteiger partial charge is 0.324 e. The molecule has 3 aromatic carbocycles. The van der Waals surface area contributed by atoms with E-state index >= 15 is 0 Å². The van der Waals surface area contributed by atoms with Gasteiger partial charge in [0.25, 0.3) is 0 Å². The zero-order valence-electron chi connectivity index (χ0n) is 16.0. The van der Waals surface area contributed by atoms with E-state index in [9.17, 15) is 14.9 Å². The van der Waals surface area contributed by atoms with E-state index in [4.69, 9.17) is 0 Å². The highest BCUT2D eigenvalue weighted by Gasteiger charge is 2.55. The third-order valence-electron chi connectivity index (χ3n) is 5.30. The summed E-state index contributed by atoms with van der Waals surface area (Å²) in [6.45, 7) is -0.347. The van der Waals surface area contributed by atoms with E-state index in [-0.39, 0.29) is 17.4 Å². The first-order valence-corrected chi connectivity index (χ1v) is 11.2. The number of benzene rings is 3. The van der Waals surface area contributed by atoms with Crippen molar-refractivity contribution < 1.29 is 9.72 Å². The molecule has 1 heterocycles. The van der Waals surface area contributed by atoms with Gasteiger partial charge in [-0.25, -0.2) is 0 Å². The van der Waals surface area contributed by atoms with Crippen molar-refractivity contribution >= 4 is 39.3 Å². The second-order valence-corrected chi connectivity index (χ2v) is 9.27. The maximum Gasteiger partial charge on any atom is 0.246 e. The standard InChI is InChI=1S/C23H19BrN2O3S/c24-18-10-6-9-17(13-18)20(14-26(28)29)23(30-15-16-7-2-1-3-8-16)19-11-4-5-12-21(19)25-22(23)27/h1-13,20H,14-15H2,(H,25,27)/t20-,23+/m1/s1. The maximum absolute atomic E-state index is 13.5. The van der Waals surface area contributed by atoms with Crippen molar-refractivity contribution in [1.82, 2.24) is 0 Å². The van der Waals surface area contributed by atoms with Gasteiger partial charge in [0, 0.05) is 26.4 Å². The minimum absolute atomic E-state index is 0.212. The van der Waals surface area contributed by atoms with Crippen molar-refractivity contribution in [3.63, 3.8) is 0 Å². The van der Waals surface area contributed by atoms with Gasteiger partial charge in [-0.15, -0.1) is 11.8 Å². The van der Waals surface area contributed by atoms with Crippen LogP contribution in [0.3, 0.4) is 0 Å². The van der Waals surface area contributed by atoms with Crippen molar-refractivity contribution in [2.45, 2.75) is 16.4 Å². The van der Waals surface area contributed by atoms with Crippen LogP contribution in [-0.2, 0) is 15.3 Å². The molecule has 2 atom stereocenters. The van der Waals surface area contributed by atoms with Crippen LogP contribution in [0.4, 0.5) is 5.69 Å². The van der Waals surface area contributed by atoms with Crippen LogP contribution in [0.1, 0.15) is 22.6 Å². The Morgan fingerprint density at radius 2 is 1.77 bits per heavy atom. The first-order chi connectivity index (χ1) is 14.5. The van der Waals surface area contributed by atoms with Crippen LogP contribution in [0, 0.1) is 10.1 Å². The van der Waals surface area contributed by atoms with Gasteiger partial charge in [-0.1, -0.05) is 76.6 Å². The number of anilines is 1. The number of fused-ring (bicyclic) bond motifs is 1. The lowest BCUT2D eigenvalue weighted by atomic mass is 9.81. The average molecular weight is 483 g/mol. The summed E-state index contributed by atoms with van der Waals surface area (Å²) in [7, 11) is 0. The first kappa shape index (κ1) is 20.6. The predicted octanol–water partition coefficient (Wildman–Crippen LogP) is 5.59. The van der Waals surface area contributed by atoms with Gasteiger partial charge < -0.3 is 5.32 Å². The molecule has 0 spiro atoms. The Morgan fingerprint density at radius 3 is 2.50 bits per heavy atom. The maximum atomic E-state index is 13.5. The van der Waals surface area contributed by atoms with Gasteiger partial charge in [0.15, 0.2) is 0 Å². The van der Waals surface area contributed by atoms with E-state index in [1.807, 2.05) is 78.9 Å². The lowest BCUT2D eigenvalue weighted by molar-refractivity contribution is -0.484. The van der Waals surface area contributed by atoms with Crippen LogP contribution in [0.5, 0.6) is 0 Å². The molecule has 0 bridgehead atoms. The Balaban J connectivity index is 1.87. The number of para-hydroxylation sites is 1. The van der Waals surface area contributed by atoms with E-state index in [2.05, 4.69) is 21.2 Å². The molecule has 3 aromatic rings. The number of hydrogen-bond donors (Lipinski definition) is 1. The second kappa shape index (κ2) is 8.62. The quantitative estimate of drug-likeness (QED) is 0.351. The summed E-state index contributed by atoms with van der Waals surface area (Å²) in [6, 6.07) is 24.8. The molecule has 5 nitrogen and oxygen atoms in total. The van der Waals surface area contributed by atoms with Crippen molar-refractivity contribution in [3.05, 3.63) is 110 Å². The van der Waals surface area contributed by atoms with E-state index in [0.717, 1.165) is 21.2 Å². The number of nitro groups is 1. The number of nitrogens with one attached hydrogen (secondary N) is 1. The van der Waals surface area contributed by atoms with Crippen LogP contribution in [0.25, 0.3) is 0 Å². The van der Waals surface area contributed by atoms with E-state index in [1.54, 1.807) is 0 Å². The molecule has 0 saturated heterocycles. The third kappa shape index (κ3) is 3.87. The fourth-order valence-electron chi connectivity index (χ4n) is 3.96.